The number of aromatic nitrogens is 2. The third-order valence-corrected chi connectivity index (χ3v) is 5.89. The molecule has 1 atom stereocenters. The van der Waals surface area contributed by atoms with Gasteiger partial charge >= 0.3 is 0 Å². The van der Waals surface area contributed by atoms with Crippen LogP contribution in [0.15, 0.2) is 24.3 Å². The van der Waals surface area contributed by atoms with Gasteiger partial charge in [0.05, 0.1) is 5.92 Å². The number of halogens is 1. The highest BCUT2D eigenvalue weighted by Gasteiger charge is 2.30. The number of nitrogens with zero attached hydrogens (tertiary/aromatic N) is 4. The van der Waals surface area contributed by atoms with Gasteiger partial charge in [0, 0.05) is 31.7 Å². The summed E-state index contributed by atoms with van der Waals surface area (Å²) >= 11 is 1.40. The first-order chi connectivity index (χ1) is 13.1. The van der Waals surface area contributed by atoms with Gasteiger partial charge in [0.15, 0.2) is 0 Å². The maximum atomic E-state index is 13.0. The number of piperidine rings is 1. The van der Waals surface area contributed by atoms with Crippen molar-refractivity contribution in [2.24, 2.45) is 5.92 Å². The molecule has 1 N–H and O–H groups in total. The fourth-order valence-electron chi connectivity index (χ4n) is 3.44. The maximum absolute atomic E-state index is 13.0. The predicted molar refractivity (Wildman–Crippen MR) is 101 cm³/mol. The highest BCUT2D eigenvalue weighted by molar-refractivity contribution is 7.19. The molecular formula is C18H20FN5O2S. The zero-order valence-corrected chi connectivity index (χ0v) is 15.5. The summed E-state index contributed by atoms with van der Waals surface area (Å²) in [5, 5.41) is 12.6. The summed E-state index contributed by atoms with van der Waals surface area (Å²) < 4.78 is 13.0. The van der Waals surface area contributed by atoms with E-state index in [2.05, 4.69) is 20.4 Å². The molecule has 7 nitrogen and oxygen atoms in total. The van der Waals surface area contributed by atoms with Crippen LogP contribution >= 0.6 is 11.3 Å². The average molecular weight is 389 g/mol. The van der Waals surface area contributed by atoms with Crippen molar-refractivity contribution in [1.82, 2.24) is 10.2 Å². The van der Waals surface area contributed by atoms with Gasteiger partial charge in [-0.25, -0.2) is 4.39 Å². The standard InChI is InChI=1S/C18H20FN5O2S/c19-13-5-7-14(8-6-13)20-16(26)12-3-1-9-23(11-12)17-21-22-18(27-17)24-10-2-4-15(24)25/h5-8,12H,1-4,9-11H2,(H,20,26)/t12-/m1/s1. The van der Waals surface area contributed by atoms with Gasteiger partial charge < -0.3 is 10.2 Å². The van der Waals surface area contributed by atoms with Crippen LogP contribution in [0.1, 0.15) is 25.7 Å². The minimum absolute atomic E-state index is 0.0780. The second-order valence-corrected chi connectivity index (χ2v) is 7.73. The molecule has 2 aliphatic rings. The lowest BCUT2D eigenvalue weighted by Crippen LogP contribution is -2.40. The van der Waals surface area contributed by atoms with Crippen molar-refractivity contribution in [3.63, 3.8) is 0 Å². The Morgan fingerprint density at radius 2 is 1.93 bits per heavy atom. The van der Waals surface area contributed by atoms with Crippen LogP contribution in [0.3, 0.4) is 0 Å². The molecule has 0 aliphatic carbocycles. The molecule has 4 rings (SSSR count). The Morgan fingerprint density at radius 3 is 2.67 bits per heavy atom. The molecule has 3 heterocycles. The average Bonchev–Trinajstić information content (AvgIpc) is 3.32. The number of carbonyl (C=O) groups is 2. The number of benzene rings is 1. The number of anilines is 3. The quantitative estimate of drug-likeness (QED) is 0.870. The first-order valence-electron chi connectivity index (χ1n) is 9.05. The molecule has 2 aliphatic heterocycles. The van der Waals surface area contributed by atoms with E-state index >= 15 is 0 Å². The molecule has 0 unspecified atom stereocenters. The van der Waals surface area contributed by atoms with Gasteiger partial charge in [0.1, 0.15) is 5.82 Å². The lowest BCUT2D eigenvalue weighted by atomic mass is 9.97. The van der Waals surface area contributed by atoms with Crippen LogP contribution in [0.2, 0.25) is 0 Å². The molecule has 2 fully saturated rings. The van der Waals surface area contributed by atoms with Gasteiger partial charge in [0.25, 0.3) is 0 Å². The highest BCUT2D eigenvalue weighted by Crippen LogP contribution is 2.32. The Morgan fingerprint density at radius 1 is 1.15 bits per heavy atom. The molecule has 0 spiro atoms. The molecule has 142 valence electrons. The lowest BCUT2D eigenvalue weighted by molar-refractivity contribution is -0.120. The first-order valence-corrected chi connectivity index (χ1v) is 9.87. The summed E-state index contributed by atoms with van der Waals surface area (Å²) in [6.07, 6.45) is 3.08. The Kier molecular flexibility index (Phi) is 5.02. The van der Waals surface area contributed by atoms with E-state index in [1.54, 1.807) is 17.0 Å². The summed E-state index contributed by atoms with van der Waals surface area (Å²) in [4.78, 5) is 28.2. The molecule has 1 aromatic heterocycles. The van der Waals surface area contributed by atoms with Crippen LogP contribution in [-0.2, 0) is 9.59 Å². The third kappa shape index (κ3) is 3.92. The van der Waals surface area contributed by atoms with Gasteiger partial charge in [-0.2, -0.15) is 0 Å². The summed E-state index contributed by atoms with van der Waals surface area (Å²) in [7, 11) is 0. The van der Waals surface area contributed by atoms with Gasteiger partial charge in [-0.15, -0.1) is 10.2 Å². The molecule has 1 aromatic carbocycles. The molecule has 0 saturated carbocycles. The van der Waals surface area contributed by atoms with Crippen molar-refractivity contribution in [3.05, 3.63) is 30.1 Å². The zero-order valence-electron chi connectivity index (χ0n) is 14.7. The topological polar surface area (TPSA) is 78.4 Å². The van der Waals surface area contributed by atoms with Gasteiger partial charge in [-0.05, 0) is 43.5 Å². The summed E-state index contributed by atoms with van der Waals surface area (Å²) in [6.45, 7) is 2.05. The van der Waals surface area contributed by atoms with E-state index < -0.39 is 0 Å². The minimum Gasteiger partial charge on any atom is -0.346 e. The number of rotatable bonds is 4. The fraction of sp³-hybridized carbons (Fsp3) is 0.444. The van der Waals surface area contributed by atoms with Crippen LogP contribution in [0.25, 0.3) is 0 Å². The van der Waals surface area contributed by atoms with Crippen LogP contribution < -0.4 is 15.1 Å². The SMILES string of the molecule is O=C(Nc1ccc(F)cc1)[C@@H]1CCCN(c2nnc(N3CCCC3=O)s2)C1. The molecule has 2 saturated heterocycles. The number of nitrogens with one attached hydrogen (secondary N) is 1. The van der Waals surface area contributed by atoms with Gasteiger partial charge in [-0.3, -0.25) is 14.5 Å². The van der Waals surface area contributed by atoms with E-state index in [1.165, 1.54) is 23.5 Å². The molecule has 2 amide bonds. The monoisotopic (exact) mass is 389 g/mol. The van der Waals surface area contributed by atoms with Crippen molar-refractivity contribution in [1.29, 1.82) is 0 Å². The zero-order chi connectivity index (χ0) is 18.8. The predicted octanol–water partition coefficient (Wildman–Crippen LogP) is 2.66. The molecule has 27 heavy (non-hydrogen) atoms. The van der Waals surface area contributed by atoms with E-state index in [9.17, 15) is 14.0 Å². The Labute approximate surface area is 160 Å². The fourth-order valence-corrected chi connectivity index (χ4v) is 4.36. The van der Waals surface area contributed by atoms with E-state index in [1.807, 2.05) is 0 Å². The van der Waals surface area contributed by atoms with Gasteiger partial charge in [-0.1, -0.05) is 11.3 Å². The summed E-state index contributed by atoms with van der Waals surface area (Å²) in [5.41, 5.74) is 0.587. The first kappa shape index (κ1) is 17.8. The second kappa shape index (κ2) is 7.59. The van der Waals surface area contributed by atoms with Crippen molar-refractivity contribution in [2.75, 3.05) is 34.8 Å². The number of hydrogen-bond acceptors (Lipinski definition) is 6. The third-order valence-electron chi connectivity index (χ3n) is 4.88. The Balaban J connectivity index is 1.40. The second-order valence-electron chi connectivity index (χ2n) is 6.80. The van der Waals surface area contributed by atoms with Gasteiger partial charge in [0.2, 0.25) is 22.1 Å². The molecular weight excluding hydrogens is 369 g/mol. The van der Waals surface area contributed by atoms with Crippen LogP contribution in [0.5, 0.6) is 0 Å². The number of carbonyl (C=O) groups excluding carboxylic acids is 2. The lowest BCUT2D eigenvalue weighted by Gasteiger charge is -2.31. The smallest absolute Gasteiger partial charge is 0.229 e. The van der Waals surface area contributed by atoms with Crippen molar-refractivity contribution in [2.45, 2.75) is 25.7 Å². The van der Waals surface area contributed by atoms with Crippen molar-refractivity contribution < 1.29 is 14.0 Å². The van der Waals surface area contributed by atoms with E-state index in [0.29, 0.717) is 30.3 Å². The molecule has 2 aromatic rings. The molecule has 0 bridgehead atoms. The normalized spacial score (nSPS) is 20.2. The van der Waals surface area contributed by atoms with Crippen LogP contribution in [0.4, 0.5) is 20.3 Å². The maximum Gasteiger partial charge on any atom is 0.229 e. The summed E-state index contributed by atoms with van der Waals surface area (Å²) in [5.74, 6) is -0.497. The Hall–Kier alpha value is -2.55. The van der Waals surface area contributed by atoms with Crippen molar-refractivity contribution >= 4 is 39.1 Å². The largest absolute Gasteiger partial charge is 0.346 e. The van der Waals surface area contributed by atoms with Crippen LogP contribution in [0, 0.1) is 11.7 Å². The van der Waals surface area contributed by atoms with E-state index in [4.69, 9.17) is 0 Å². The number of amides is 2. The highest BCUT2D eigenvalue weighted by atomic mass is 32.1. The molecule has 9 heteroatoms. The Bertz CT molecular complexity index is 841. The van der Waals surface area contributed by atoms with Crippen LogP contribution in [-0.4, -0.2) is 41.6 Å². The van der Waals surface area contributed by atoms with E-state index in [-0.39, 0.29) is 23.5 Å². The number of hydrogen-bond donors (Lipinski definition) is 1. The molecule has 0 radical (unpaired) electrons. The minimum atomic E-state index is -0.333. The van der Waals surface area contributed by atoms with Crippen molar-refractivity contribution in [3.8, 4) is 0 Å². The summed E-state index contributed by atoms with van der Waals surface area (Å²) in [6, 6.07) is 5.76. The van der Waals surface area contributed by atoms with E-state index in [0.717, 1.165) is 30.9 Å².